The van der Waals surface area contributed by atoms with Crippen LogP contribution in [0.3, 0.4) is 0 Å². The standard InChI is InChI=1S/C37H50N2O6S/c1-23-17-33-34(39(21-23)35(40)43-22-26-9-7-6-8-10-26)25(3)37(44-33)16-14-29-30-12-11-27-18-28(38-45-46(5,41)42)13-15-36(27,4)32(30)19-31(29)24(2)20-37/h6-10,13,15,23,25,27,29-30,32-34H,11-12,14,16-22H2,1-5H3/t23-,25+,27+,29-,30-,32-,33+,34-,36-,37-/m0/s1. The summed E-state index contributed by atoms with van der Waals surface area (Å²) in [6, 6.07) is 9.95. The fourth-order valence-corrected chi connectivity index (χ4v) is 10.9. The Balaban J connectivity index is 1.09. The van der Waals surface area contributed by atoms with Gasteiger partial charge in [0.05, 0.1) is 29.7 Å². The van der Waals surface area contributed by atoms with E-state index >= 15 is 0 Å². The van der Waals surface area contributed by atoms with Crippen LogP contribution in [0.15, 0.2) is 58.8 Å². The summed E-state index contributed by atoms with van der Waals surface area (Å²) in [4.78, 5) is 15.6. The number of rotatable bonds is 4. The predicted molar refractivity (Wildman–Crippen MR) is 177 cm³/mol. The number of ether oxygens (including phenoxy) is 2. The van der Waals surface area contributed by atoms with Crippen molar-refractivity contribution in [1.29, 1.82) is 0 Å². The van der Waals surface area contributed by atoms with Gasteiger partial charge in [-0.05, 0) is 105 Å². The third kappa shape index (κ3) is 5.63. The molecular weight excluding hydrogens is 600 g/mol. The van der Waals surface area contributed by atoms with Gasteiger partial charge in [0.15, 0.2) is 0 Å². The van der Waals surface area contributed by atoms with Crippen molar-refractivity contribution in [3.05, 3.63) is 59.2 Å². The van der Waals surface area contributed by atoms with E-state index in [2.05, 4.69) is 38.9 Å². The van der Waals surface area contributed by atoms with Crippen LogP contribution in [0.25, 0.3) is 0 Å². The number of hydrogen-bond acceptors (Lipinski definition) is 7. The van der Waals surface area contributed by atoms with Gasteiger partial charge in [-0.15, -0.1) is 0 Å². The molecule has 9 heteroatoms. The summed E-state index contributed by atoms with van der Waals surface area (Å²) in [5, 5.41) is 3.97. The first kappa shape index (κ1) is 31.9. The average molecular weight is 651 g/mol. The van der Waals surface area contributed by atoms with E-state index in [1.165, 1.54) is 12.0 Å². The van der Waals surface area contributed by atoms with E-state index in [-0.39, 0.29) is 41.8 Å². The van der Waals surface area contributed by atoms with E-state index in [1.807, 2.05) is 41.3 Å². The third-order valence-electron chi connectivity index (χ3n) is 12.9. The third-order valence-corrected chi connectivity index (χ3v) is 13.2. The lowest BCUT2D eigenvalue weighted by molar-refractivity contribution is -0.0788. The second-order valence-corrected chi connectivity index (χ2v) is 17.2. The van der Waals surface area contributed by atoms with Crippen LogP contribution in [-0.2, 0) is 30.5 Å². The summed E-state index contributed by atoms with van der Waals surface area (Å²) in [5.41, 5.74) is 4.68. The topological polar surface area (TPSA) is 94.5 Å². The summed E-state index contributed by atoms with van der Waals surface area (Å²) in [7, 11) is -3.61. The van der Waals surface area contributed by atoms with Crippen LogP contribution in [0.4, 0.5) is 4.79 Å². The van der Waals surface area contributed by atoms with Crippen LogP contribution in [0.1, 0.15) is 84.6 Å². The van der Waals surface area contributed by atoms with Crippen LogP contribution in [-0.4, -0.2) is 55.7 Å². The second-order valence-electron chi connectivity index (χ2n) is 15.7. The molecule has 0 aromatic heterocycles. The Bertz CT molecular complexity index is 1550. The second kappa shape index (κ2) is 11.8. The Morgan fingerprint density at radius 1 is 1.13 bits per heavy atom. The quantitative estimate of drug-likeness (QED) is 0.251. The van der Waals surface area contributed by atoms with Crippen molar-refractivity contribution >= 4 is 21.9 Å². The zero-order chi connectivity index (χ0) is 32.4. The number of allylic oxidation sites excluding steroid dienone is 3. The Kier molecular flexibility index (Phi) is 8.19. The number of hydrogen-bond donors (Lipinski definition) is 0. The first-order chi connectivity index (χ1) is 21.9. The smallest absolute Gasteiger partial charge is 0.410 e. The number of carbonyl (C=O) groups excluding carboxylic acids is 1. The summed E-state index contributed by atoms with van der Waals surface area (Å²) in [6.07, 6.45) is 13.4. The van der Waals surface area contributed by atoms with Gasteiger partial charge in [-0.1, -0.05) is 73.5 Å². The molecule has 1 amide bonds. The molecule has 10 atom stereocenters. The Labute approximate surface area is 274 Å². The maximum absolute atomic E-state index is 13.6. The average Bonchev–Trinajstić information content (AvgIpc) is 3.48. The highest BCUT2D eigenvalue weighted by molar-refractivity contribution is 7.85. The Morgan fingerprint density at radius 2 is 1.91 bits per heavy atom. The number of likely N-dealkylation sites (tertiary alicyclic amines) is 1. The van der Waals surface area contributed by atoms with Gasteiger partial charge in [-0.2, -0.15) is 8.42 Å². The number of benzene rings is 1. The van der Waals surface area contributed by atoms with Gasteiger partial charge in [-0.25, -0.2) is 4.79 Å². The highest BCUT2D eigenvalue weighted by Gasteiger charge is 2.60. The van der Waals surface area contributed by atoms with Crippen LogP contribution in [0, 0.1) is 40.9 Å². The molecule has 1 aromatic rings. The van der Waals surface area contributed by atoms with Gasteiger partial charge in [0.1, 0.15) is 6.61 Å². The lowest BCUT2D eigenvalue weighted by Gasteiger charge is -2.50. The van der Waals surface area contributed by atoms with E-state index in [0.717, 1.165) is 62.5 Å². The van der Waals surface area contributed by atoms with Crippen molar-refractivity contribution in [3.63, 3.8) is 0 Å². The van der Waals surface area contributed by atoms with Crippen LogP contribution in [0.2, 0.25) is 0 Å². The lowest BCUT2D eigenvalue weighted by atomic mass is 9.54. The molecule has 46 heavy (non-hydrogen) atoms. The minimum atomic E-state index is -3.61. The summed E-state index contributed by atoms with van der Waals surface area (Å²) >= 11 is 0. The molecule has 8 nitrogen and oxygen atoms in total. The number of carbonyl (C=O) groups is 1. The van der Waals surface area contributed by atoms with Gasteiger partial charge < -0.3 is 14.4 Å². The van der Waals surface area contributed by atoms with Gasteiger partial charge >= 0.3 is 16.2 Å². The maximum atomic E-state index is 13.6. The van der Waals surface area contributed by atoms with Crippen LogP contribution >= 0.6 is 0 Å². The molecule has 0 radical (unpaired) electrons. The zero-order valence-electron chi connectivity index (χ0n) is 28.0. The molecule has 6 aliphatic rings. The number of piperidine rings is 1. The number of fused-ring (bicyclic) bond motifs is 6. The molecule has 2 saturated heterocycles. The molecule has 2 aliphatic heterocycles. The summed E-state index contributed by atoms with van der Waals surface area (Å²) in [5.74, 6) is 2.81. The van der Waals surface area contributed by atoms with Gasteiger partial charge in [0, 0.05) is 12.5 Å². The molecule has 1 aromatic carbocycles. The molecular formula is C37H50N2O6S. The van der Waals surface area contributed by atoms with E-state index in [9.17, 15) is 13.2 Å². The monoisotopic (exact) mass is 650 g/mol. The SMILES string of the molecule is CC1=C2C[C@H]3[C@@H](CC[C@@H]4CC(=NOS(C)(=O)=O)C=C[C@@]43C)[C@@H]2CC[C@@]2(C1)O[C@@H]1C[C@H](C)CN(C(=O)OCc3ccccc3)[C@H]1[C@H]2C. The van der Waals surface area contributed by atoms with Crippen molar-refractivity contribution in [1.82, 2.24) is 4.90 Å². The molecule has 4 aliphatic carbocycles. The van der Waals surface area contributed by atoms with Gasteiger partial charge in [0.2, 0.25) is 0 Å². The molecule has 250 valence electrons. The summed E-state index contributed by atoms with van der Waals surface area (Å²) < 4.78 is 40.8. The summed E-state index contributed by atoms with van der Waals surface area (Å²) in [6.45, 7) is 10.3. The molecule has 1 spiro atoms. The molecule has 4 fully saturated rings. The minimum Gasteiger partial charge on any atom is -0.445 e. The van der Waals surface area contributed by atoms with Crippen molar-refractivity contribution in [3.8, 4) is 0 Å². The zero-order valence-corrected chi connectivity index (χ0v) is 28.8. The molecule has 0 bridgehead atoms. The predicted octanol–water partition coefficient (Wildman–Crippen LogP) is 7.27. The molecule has 0 N–H and O–H groups in total. The molecule has 2 saturated carbocycles. The highest BCUT2D eigenvalue weighted by atomic mass is 32.2. The minimum absolute atomic E-state index is 0.0345. The number of nitrogens with zero attached hydrogens (tertiary/aromatic N) is 2. The van der Waals surface area contributed by atoms with E-state index in [0.29, 0.717) is 36.1 Å². The Morgan fingerprint density at radius 3 is 2.67 bits per heavy atom. The lowest BCUT2D eigenvalue weighted by Crippen LogP contribution is -2.54. The van der Waals surface area contributed by atoms with Crippen LogP contribution in [0.5, 0.6) is 0 Å². The highest BCUT2D eigenvalue weighted by Crippen LogP contribution is 2.64. The van der Waals surface area contributed by atoms with Crippen molar-refractivity contribution in [2.45, 2.75) is 103 Å². The van der Waals surface area contributed by atoms with E-state index in [4.69, 9.17) is 13.8 Å². The Hall–Kier alpha value is -2.65. The number of oxime groups is 1. The molecule has 0 unspecified atom stereocenters. The fourth-order valence-electron chi connectivity index (χ4n) is 10.6. The largest absolute Gasteiger partial charge is 0.445 e. The maximum Gasteiger partial charge on any atom is 0.410 e. The van der Waals surface area contributed by atoms with Crippen molar-refractivity contribution in [2.75, 3.05) is 12.8 Å². The van der Waals surface area contributed by atoms with Crippen molar-refractivity contribution < 1.29 is 27.0 Å². The van der Waals surface area contributed by atoms with E-state index < -0.39 is 10.1 Å². The fraction of sp³-hybridized carbons (Fsp3) is 0.676. The van der Waals surface area contributed by atoms with Crippen LogP contribution < -0.4 is 0 Å². The molecule has 7 rings (SSSR count). The first-order valence-corrected chi connectivity index (χ1v) is 19.2. The van der Waals surface area contributed by atoms with Crippen molar-refractivity contribution in [2.24, 2.45) is 46.1 Å². The normalized spacial score (nSPS) is 41.1. The van der Waals surface area contributed by atoms with E-state index in [1.54, 1.807) is 5.57 Å². The van der Waals surface area contributed by atoms with Gasteiger partial charge in [0.25, 0.3) is 0 Å². The first-order valence-electron chi connectivity index (χ1n) is 17.4. The van der Waals surface area contributed by atoms with Gasteiger partial charge in [-0.3, -0.25) is 4.28 Å². The number of amides is 1. The molecule has 2 heterocycles.